The van der Waals surface area contributed by atoms with Gasteiger partial charge in [-0.3, -0.25) is 9.59 Å². The number of unbranched alkanes of at least 4 members (excludes halogenated alkanes) is 24. The van der Waals surface area contributed by atoms with Gasteiger partial charge >= 0.3 is 0 Å². The van der Waals surface area contributed by atoms with E-state index in [-0.39, 0.29) is 30.4 Å². The third-order valence-electron chi connectivity index (χ3n) is 11.3. The van der Waals surface area contributed by atoms with Crippen molar-refractivity contribution >= 4 is 23.4 Å². The summed E-state index contributed by atoms with van der Waals surface area (Å²) < 4.78 is 1.45. The van der Waals surface area contributed by atoms with Crippen LogP contribution >= 0.6 is 11.6 Å². The van der Waals surface area contributed by atoms with Crippen molar-refractivity contribution in [2.75, 3.05) is 75.0 Å². The molecule has 0 aromatic carbocycles. The first-order valence-corrected chi connectivity index (χ1v) is 24.1. The van der Waals surface area contributed by atoms with Crippen LogP contribution in [0.5, 0.6) is 0 Å². The van der Waals surface area contributed by atoms with Crippen LogP contribution < -0.4 is 0 Å². The smallest absolute Gasteiger partial charge is 0.222 e. The second-order valence-electron chi connectivity index (χ2n) is 19.0. The molecule has 0 aliphatic heterocycles. The molecular weight excluding hydrogens is 704 g/mol. The van der Waals surface area contributed by atoms with Gasteiger partial charge in [-0.1, -0.05) is 180 Å². The number of alkyl halides is 1. The highest BCUT2D eigenvalue weighted by Crippen LogP contribution is 2.18. The molecule has 328 valence electrons. The van der Waals surface area contributed by atoms with Crippen molar-refractivity contribution in [3.8, 4) is 0 Å². The highest BCUT2D eigenvalue weighted by molar-refractivity contribution is 6.19. The summed E-state index contributed by atoms with van der Waals surface area (Å²) in [6.45, 7) is 7.19. The quantitative estimate of drug-likeness (QED) is 0.0291. The summed E-state index contributed by atoms with van der Waals surface area (Å²) in [4.78, 5) is 30.8. The molecular formula is C47H97ClN4O3+2. The van der Waals surface area contributed by atoms with Gasteiger partial charge in [-0.2, -0.15) is 0 Å². The predicted octanol–water partition coefficient (Wildman–Crippen LogP) is 11.7. The number of nitrogens with zero attached hydrogens (tertiary/aromatic N) is 4. The van der Waals surface area contributed by atoms with Gasteiger partial charge in [-0.15, -0.1) is 0 Å². The number of hydrogen-bond acceptors (Lipinski definition) is 3. The minimum atomic E-state index is -0.784. The van der Waals surface area contributed by atoms with Crippen LogP contribution in [0, 0.1) is 0 Å². The summed E-state index contributed by atoms with van der Waals surface area (Å²) in [6, 6.07) is 0. The Morgan fingerprint density at radius 1 is 0.491 bits per heavy atom. The first kappa shape index (κ1) is 54.1. The first-order chi connectivity index (χ1) is 26.2. The first-order valence-electron chi connectivity index (χ1n) is 23.7. The van der Waals surface area contributed by atoms with E-state index in [1.165, 1.54) is 141 Å². The fourth-order valence-corrected chi connectivity index (χ4v) is 7.59. The van der Waals surface area contributed by atoms with Crippen molar-refractivity contribution < 1.29 is 23.7 Å². The van der Waals surface area contributed by atoms with E-state index < -0.39 is 6.10 Å². The zero-order valence-electron chi connectivity index (χ0n) is 38.3. The fourth-order valence-electron chi connectivity index (χ4n) is 7.49. The molecule has 0 saturated heterocycles. The number of quaternary nitrogens is 2. The topological polar surface area (TPSA) is 60.9 Å². The van der Waals surface area contributed by atoms with Gasteiger partial charge in [0, 0.05) is 51.9 Å². The molecule has 0 bridgehead atoms. The van der Waals surface area contributed by atoms with E-state index >= 15 is 0 Å². The lowest BCUT2D eigenvalue weighted by molar-refractivity contribution is -0.882. The van der Waals surface area contributed by atoms with E-state index in [4.69, 9.17) is 11.6 Å². The van der Waals surface area contributed by atoms with Crippen molar-refractivity contribution in [3.63, 3.8) is 0 Å². The Balaban J connectivity index is 4.91. The zero-order chi connectivity index (χ0) is 41.2. The number of carbonyl (C=O) groups excluding carboxylic acids is 2. The molecule has 0 heterocycles. The van der Waals surface area contributed by atoms with Crippen molar-refractivity contribution in [3.05, 3.63) is 0 Å². The highest BCUT2D eigenvalue weighted by Gasteiger charge is 2.26. The van der Waals surface area contributed by atoms with E-state index in [0.29, 0.717) is 36.8 Å². The Kier molecular flexibility index (Phi) is 34.5. The van der Waals surface area contributed by atoms with Gasteiger partial charge in [-0.05, 0) is 12.8 Å². The van der Waals surface area contributed by atoms with E-state index in [1.54, 1.807) is 0 Å². The van der Waals surface area contributed by atoms with Gasteiger partial charge in [-0.25, -0.2) is 0 Å². The molecule has 0 aliphatic carbocycles. The maximum Gasteiger partial charge on any atom is 0.222 e. The molecule has 0 aromatic rings. The van der Waals surface area contributed by atoms with Gasteiger partial charge in [0.1, 0.15) is 0 Å². The number of hydrogen-bond donors (Lipinski definition) is 1. The van der Waals surface area contributed by atoms with Crippen molar-refractivity contribution in [2.45, 2.75) is 218 Å². The molecule has 2 amide bonds. The molecule has 0 rings (SSSR count). The monoisotopic (exact) mass is 801 g/mol. The van der Waals surface area contributed by atoms with E-state index in [1.807, 2.05) is 9.80 Å². The second-order valence-corrected chi connectivity index (χ2v) is 19.5. The van der Waals surface area contributed by atoms with Crippen molar-refractivity contribution in [1.82, 2.24) is 9.80 Å². The Bertz CT molecular complexity index is 890. The van der Waals surface area contributed by atoms with E-state index in [2.05, 4.69) is 56.1 Å². The lowest BCUT2D eigenvalue weighted by Crippen LogP contribution is -2.47. The molecule has 8 heteroatoms. The second kappa shape index (κ2) is 35.1. The summed E-state index contributed by atoms with van der Waals surface area (Å²) in [5.41, 5.74) is -0.127. The van der Waals surface area contributed by atoms with Gasteiger partial charge < -0.3 is 23.9 Å². The molecule has 0 spiro atoms. The summed E-state index contributed by atoms with van der Waals surface area (Å²) in [5.74, 6) is 0.238. The van der Waals surface area contributed by atoms with Crippen molar-refractivity contribution in [1.29, 1.82) is 0 Å². The normalized spacial score (nSPS) is 13.3. The number of amides is 2. The average molecular weight is 802 g/mol. The number of aliphatic hydroxyl groups excluding tert-OH is 1. The van der Waals surface area contributed by atoms with Gasteiger partial charge in [0.25, 0.3) is 0 Å². The maximum absolute atomic E-state index is 13.6. The van der Waals surface area contributed by atoms with Crippen LogP contribution in [-0.4, -0.2) is 122 Å². The molecule has 0 saturated carbocycles. The van der Waals surface area contributed by atoms with Gasteiger partial charge in [0.15, 0.2) is 5.50 Å². The summed E-state index contributed by atoms with van der Waals surface area (Å²) in [7, 11) is 12.7. The lowest BCUT2D eigenvalue weighted by Gasteiger charge is -2.33. The van der Waals surface area contributed by atoms with Crippen LogP contribution in [0.1, 0.15) is 206 Å². The minimum absolute atomic E-state index is 0.0993. The Labute approximate surface area is 348 Å². The van der Waals surface area contributed by atoms with E-state index in [0.717, 1.165) is 43.1 Å². The molecule has 0 radical (unpaired) electrons. The molecule has 0 fully saturated rings. The zero-order valence-corrected chi connectivity index (χ0v) is 39.1. The van der Waals surface area contributed by atoms with Crippen LogP contribution in [0.4, 0.5) is 0 Å². The average Bonchev–Trinajstić information content (AvgIpc) is 3.12. The number of halogens is 1. The third kappa shape index (κ3) is 34.8. The van der Waals surface area contributed by atoms with Crippen LogP contribution in [0.2, 0.25) is 0 Å². The predicted molar refractivity (Wildman–Crippen MR) is 240 cm³/mol. The van der Waals surface area contributed by atoms with Crippen molar-refractivity contribution in [2.24, 2.45) is 0 Å². The molecule has 1 N–H and O–H groups in total. The number of carbonyl (C=O) groups is 2. The molecule has 55 heavy (non-hydrogen) atoms. The largest absolute Gasteiger partial charge is 0.389 e. The van der Waals surface area contributed by atoms with Crippen LogP contribution in [0.25, 0.3) is 0 Å². The Morgan fingerprint density at radius 2 is 0.800 bits per heavy atom. The van der Waals surface area contributed by atoms with Crippen LogP contribution in [-0.2, 0) is 9.59 Å². The Hall–Kier alpha value is -0.890. The fraction of sp³-hybridized carbons (Fsp3) is 0.957. The van der Waals surface area contributed by atoms with Crippen LogP contribution in [0.15, 0.2) is 0 Å². The molecule has 2 atom stereocenters. The minimum Gasteiger partial charge on any atom is -0.389 e. The third-order valence-corrected chi connectivity index (χ3v) is 12.1. The highest BCUT2D eigenvalue weighted by atomic mass is 35.5. The number of rotatable bonds is 40. The lowest BCUT2D eigenvalue weighted by atomic mass is 10.0. The van der Waals surface area contributed by atoms with Gasteiger partial charge in [0.05, 0.1) is 54.9 Å². The number of aliphatic hydroxyl groups is 1. The SMILES string of the molecule is CCCCCCCCCCCCCCCC(=O)N(CCC[N+](C)(C)C)CC(O)CN(CCC(Cl)[N+](C)(C)C)C(=O)CCCCCCCCCCCCCCC. The molecule has 0 aromatic heterocycles. The molecule has 7 nitrogen and oxygen atoms in total. The Morgan fingerprint density at radius 3 is 1.11 bits per heavy atom. The molecule has 2 unspecified atom stereocenters. The maximum atomic E-state index is 13.6. The summed E-state index contributed by atoms with van der Waals surface area (Å²) in [5, 5.41) is 11.4. The summed E-state index contributed by atoms with van der Waals surface area (Å²) >= 11 is 6.74. The van der Waals surface area contributed by atoms with E-state index in [9.17, 15) is 14.7 Å². The standard InChI is InChI=1S/C47H97ClN4O3/c1-9-11-13-15-17-19-21-23-25-27-29-31-33-36-46(54)49(39-35-41-51(3,4)5)42-44(53)43-50(40-38-45(48)52(6,7)8)47(55)37-34-32-30-28-26-24-22-20-18-16-14-12-10-2/h44-45,53H,9-43H2,1-8H3/q+2. The van der Waals surface area contributed by atoms with Gasteiger partial charge in [0.2, 0.25) is 11.8 Å². The molecule has 0 aliphatic rings. The summed E-state index contributed by atoms with van der Waals surface area (Å²) in [6.07, 6.45) is 35.1. The van der Waals surface area contributed by atoms with Crippen LogP contribution in [0.3, 0.4) is 0 Å².